The highest BCUT2D eigenvalue weighted by Crippen LogP contribution is 2.17. The van der Waals surface area contributed by atoms with Crippen LogP contribution in [-0.2, 0) is 9.53 Å². The third-order valence-electron chi connectivity index (χ3n) is 2.50. The highest BCUT2D eigenvalue weighted by Gasteiger charge is 2.20. The Balaban J connectivity index is 2.81. The van der Waals surface area contributed by atoms with Crippen LogP contribution in [-0.4, -0.2) is 23.7 Å². The molecule has 1 unspecified atom stereocenters. The van der Waals surface area contributed by atoms with Gasteiger partial charge in [0.2, 0.25) is 0 Å². The monoisotopic (exact) mass is 281 g/mol. The van der Waals surface area contributed by atoms with Gasteiger partial charge in [-0.1, -0.05) is 37.7 Å². The molecule has 104 valence electrons. The molecule has 0 amide bonds. The lowest BCUT2D eigenvalue weighted by Gasteiger charge is -2.17. The molecule has 0 heterocycles. The summed E-state index contributed by atoms with van der Waals surface area (Å²) in [5.41, 5.74) is 6.28. The number of hydrogen-bond donors (Lipinski definition) is 1. The molecule has 19 heavy (non-hydrogen) atoms. The number of ether oxygens (including phenoxy) is 2. The van der Waals surface area contributed by atoms with Crippen molar-refractivity contribution in [2.75, 3.05) is 6.61 Å². The van der Waals surface area contributed by atoms with Gasteiger partial charge >= 0.3 is 5.97 Å². The van der Waals surface area contributed by atoms with Crippen LogP contribution in [0.2, 0.25) is 0 Å². The molecular formula is C14H19NO3S. The third kappa shape index (κ3) is 4.87. The first kappa shape index (κ1) is 15.4. The molecule has 1 atom stereocenters. The van der Waals surface area contributed by atoms with E-state index in [2.05, 4.69) is 0 Å². The summed E-state index contributed by atoms with van der Waals surface area (Å²) in [6, 6.07) is 7.08. The fourth-order valence-corrected chi connectivity index (χ4v) is 1.74. The van der Waals surface area contributed by atoms with E-state index in [0.717, 1.165) is 6.42 Å². The molecule has 0 spiro atoms. The van der Waals surface area contributed by atoms with Gasteiger partial charge in [-0.25, -0.2) is 4.79 Å². The summed E-state index contributed by atoms with van der Waals surface area (Å²) in [7, 11) is 0. The molecule has 0 saturated carbocycles. The molecule has 0 bridgehead atoms. The summed E-state index contributed by atoms with van der Waals surface area (Å²) in [5.74, 6) is 0.224. The van der Waals surface area contributed by atoms with Crippen LogP contribution in [0.3, 0.4) is 0 Å². The Bertz CT molecular complexity index is 448. The van der Waals surface area contributed by atoms with E-state index in [1.165, 1.54) is 0 Å². The van der Waals surface area contributed by atoms with Crippen LogP contribution in [0.1, 0.15) is 32.3 Å². The number of hydrogen-bond acceptors (Lipinski definition) is 4. The van der Waals surface area contributed by atoms with E-state index in [0.29, 0.717) is 29.3 Å². The molecule has 4 nitrogen and oxygen atoms in total. The second-order valence-corrected chi connectivity index (χ2v) is 4.48. The summed E-state index contributed by atoms with van der Waals surface area (Å²) in [6.07, 6.45) is 0.848. The summed E-state index contributed by atoms with van der Waals surface area (Å²) >= 11 is 4.91. The van der Waals surface area contributed by atoms with Crippen molar-refractivity contribution in [1.29, 1.82) is 0 Å². The van der Waals surface area contributed by atoms with Crippen molar-refractivity contribution in [2.45, 2.75) is 32.8 Å². The van der Waals surface area contributed by atoms with E-state index < -0.39 is 6.10 Å². The molecule has 0 fully saturated rings. The van der Waals surface area contributed by atoms with Crippen molar-refractivity contribution in [1.82, 2.24) is 0 Å². The Labute approximate surface area is 118 Å². The molecule has 5 heteroatoms. The van der Waals surface area contributed by atoms with Gasteiger partial charge in [0.05, 0.1) is 6.61 Å². The van der Waals surface area contributed by atoms with Gasteiger partial charge in [-0.05, 0) is 25.5 Å². The van der Waals surface area contributed by atoms with Crippen molar-refractivity contribution in [2.24, 2.45) is 5.73 Å². The summed E-state index contributed by atoms with van der Waals surface area (Å²) in [4.78, 5) is 12.1. The van der Waals surface area contributed by atoms with Gasteiger partial charge in [0.25, 0.3) is 0 Å². The topological polar surface area (TPSA) is 61.5 Å². The molecule has 0 radical (unpaired) electrons. The quantitative estimate of drug-likeness (QED) is 0.614. The van der Waals surface area contributed by atoms with Gasteiger partial charge in [0.1, 0.15) is 10.7 Å². The molecule has 1 rings (SSSR count). The highest BCUT2D eigenvalue weighted by atomic mass is 32.1. The van der Waals surface area contributed by atoms with Crippen molar-refractivity contribution in [3.8, 4) is 5.75 Å². The maximum atomic E-state index is 11.8. The van der Waals surface area contributed by atoms with Crippen molar-refractivity contribution in [3.63, 3.8) is 0 Å². The number of benzene rings is 1. The van der Waals surface area contributed by atoms with Gasteiger partial charge < -0.3 is 15.2 Å². The lowest BCUT2D eigenvalue weighted by Crippen LogP contribution is -2.29. The maximum Gasteiger partial charge on any atom is 0.347 e. The van der Waals surface area contributed by atoms with E-state index in [4.69, 9.17) is 27.4 Å². The molecular weight excluding hydrogens is 262 g/mol. The highest BCUT2D eigenvalue weighted by molar-refractivity contribution is 7.80. The first-order valence-corrected chi connectivity index (χ1v) is 6.72. The predicted molar refractivity (Wildman–Crippen MR) is 78.3 cm³/mol. The average molecular weight is 281 g/mol. The predicted octanol–water partition coefficient (Wildman–Crippen LogP) is 2.43. The first-order valence-electron chi connectivity index (χ1n) is 6.31. The Morgan fingerprint density at radius 1 is 1.42 bits per heavy atom. The normalized spacial score (nSPS) is 11.7. The summed E-state index contributed by atoms with van der Waals surface area (Å²) in [6.45, 7) is 4.10. The SMILES string of the molecule is CCCC(Oc1cccc(C(N)=S)c1)C(=O)OCC. The number of rotatable bonds is 7. The molecule has 0 aliphatic rings. The van der Waals surface area contributed by atoms with Crippen LogP contribution < -0.4 is 10.5 Å². The lowest BCUT2D eigenvalue weighted by molar-refractivity contribution is -0.151. The summed E-state index contributed by atoms with van der Waals surface area (Å²) in [5, 5.41) is 0. The van der Waals surface area contributed by atoms with Crippen molar-refractivity contribution < 1.29 is 14.3 Å². The molecule has 1 aromatic rings. The van der Waals surface area contributed by atoms with Crippen LogP contribution in [0.15, 0.2) is 24.3 Å². The van der Waals surface area contributed by atoms with Crippen molar-refractivity contribution >= 4 is 23.2 Å². The number of carbonyl (C=O) groups is 1. The maximum absolute atomic E-state index is 11.8. The van der Waals surface area contributed by atoms with E-state index in [-0.39, 0.29) is 5.97 Å². The minimum absolute atomic E-state index is 0.300. The third-order valence-corrected chi connectivity index (χ3v) is 2.73. The lowest BCUT2D eigenvalue weighted by atomic mass is 10.2. The zero-order valence-corrected chi connectivity index (χ0v) is 12.0. The Kier molecular flexibility index (Phi) is 6.29. The van der Waals surface area contributed by atoms with E-state index in [1.54, 1.807) is 31.2 Å². The van der Waals surface area contributed by atoms with Crippen LogP contribution >= 0.6 is 12.2 Å². The smallest absolute Gasteiger partial charge is 0.347 e. The van der Waals surface area contributed by atoms with Gasteiger partial charge in [-0.3, -0.25) is 0 Å². The molecule has 0 aliphatic heterocycles. The van der Waals surface area contributed by atoms with Crippen molar-refractivity contribution in [3.05, 3.63) is 29.8 Å². The Morgan fingerprint density at radius 3 is 2.74 bits per heavy atom. The van der Waals surface area contributed by atoms with Crippen LogP contribution in [0.4, 0.5) is 0 Å². The summed E-state index contributed by atoms with van der Waals surface area (Å²) < 4.78 is 10.7. The fraction of sp³-hybridized carbons (Fsp3) is 0.429. The van der Waals surface area contributed by atoms with E-state index in [1.807, 2.05) is 6.92 Å². The molecule has 1 aromatic carbocycles. The standard InChI is InChI=1S/C14H19NO3S/c1-3-6-12(14(16)17-4-2)18-11-8-5-7-10(9-11)13(15)19/h5,7-9,12H,3-4,6H2,1-2H3,(H2,15,19). The molecule has 0 aromatic heterocycles. The van der Waals surface area contributed by atoms with Gasteiger partial charge in [-0.2, -0.15) is 0 Å². The number of carbonyl (C=O) groups excluding carboxylic acids is 1. The van der Waals surface area contributed by atoms with Crippen LogP contribution in [0.25, 0.3) is 0 Å². The van der Waals surface area contributed by atoms with E-state index in [9.17, 15) is 4.79 Å². The second kappa shape index (κ2) is 7.74. The zero-order chi connectivity index (χ0) is 14.3. The van der Waals surface area contributed by atoms with Gasteiger partial charge in [0, 0.05) is 5.56 Å². The average Bonchev–Trinajstić information content (AvgIpc) is 2.39. The molecule has 0 aliphatic carbocycles. The minimum atomic E-state index is -0.591. The Hall–Kier alpha value is -1.62. The number of thiocarbonyl (C=S) groups is 1. The zero-order valence-electron chi connectivity index (χ0n) is 11.2. The Morgan fingerprint density at radius 2 is 2.16 bits per heavy atom. The fourth-order valence-electron chi connectivity index (χ4n) is 1.61. The molecule has 0 saturated heterocycles. The van der Waals surface area contributed by atoms with Crippen LogP contribution in [0, 0.1) is 0 Å². The largest absolute Gasteiger partial charge is 0.479 e. The first-order chi connectivity index (χ1) is 9.08. The second-order valence-electron chi connectivity index (χ2n) is 4.04. The number of esters is 1. The molecule has 2 N–H and O–H groups in total. The van der Waals surface area contributed by atoms with Gasteiger partial charge in [0.15, 0.2) is 6.10 Å². The van der Waals surface area contributed by atoms with Crippen LogP contribution in [0.5, 0.6) is 5.75 Å². The minimum Gasteiger partial charge on any atom is -0.479 e. The number of nitrogens with two attached hydrogens (primary N) is 1. The van der Waals surface area contributed by atoms with Gasteiger partial charge in [-0.15, -0.1) is 0 Å². The van der Waals surface area contributed by atoms with E-state index >= 15 is 0 Å².